The lowest BCUT2D eigenvalue weighted by atomic mass is 9.71. The molecule has 2 fully saturated rings. The number of carbonyl (C=O) groups excluding carboxylic acids is 1. The molecule has 1 atom stereocenters. The number of anilines is 1. The lowest BCUT2D eigenvalue weighted by Gasteiger charge is -2.55. The SMILES string of the molecule is COC(=O)C[C@H](CN1CC2(CCN(Cc3cccc(N)n3)CC2)C1)c1cccc(-n2nc(C)cc2C)c1. The number of methoxy groups -OCH3 is 1. The van der Waals surface area contributed by atoms with Crippen LogP contribution in [0.25, 0.3) is 5.69 Å². The minimum Gasteiger partial charge on any atom is -0.469 e. The monoisotopic (exact) mass is 502 g/mol. The quantitative estimate of drug-likeness (QED) is 0.470. The van der Waals surface area contributed by atoms with Crippen LogP contribution in [-0.4, -0.2) is 70.4 Å². The molecule has 1 spiro atoms. The number of esters is 1. The number of piperidine rings is 1. The molecule has 3 aromatic rings. The number of benzene rings is 1. The van der Waals surface area contributed by atoms with Crippen LogP contribution < -0.4 is 5.73 Å². The minimum absolute atomic E-state index is 0.0800. The van der Waals surface area contributed by atoms with E-state index in [4.69, 9.17) is 10.5 Å². The van der Waals surface area contributed by atoms with E-state index in [1.807, 2.05) is 23.7 Å². The largest absolute Gasteiger partial charge is 0.469 e. The molecule has 196 valence electrons. The molecular weight excluding hydrogens is 464 g/mol. The summed E-state index contributed by atoms with van der Waals surface area (Å²) < 4.78 is 7.03. The van der Waals surface area contributed by atoms with Crippen molar-refractivity contribution in [2.45, 2.75) is 45.6 Å². The molecule has 0 saturated carbocycles. The summed E-state index contributed by atoms with van der Waals surface area (Å²) in [5, 5.41) is 4.64. The standard InChI is InChI=1S/C29H38N6O2/c1-21-14-22(2)35(32-21)26-8-4-6-23(15-26)24(16-28(36)37-3)17-34-19-29(20-34)10-12-33(13-11-29)18-25-7-5-9-27(30)31-25/h4-9,14-15,24H,10-13,16-20H2,1-3H3,(H2,30,31)/t24-/m1/s1. The number of carbonyl (C=O) groups is 1. The molecule has 8 nitrogen and oxygen atoms in total. The van der Waals surface area contributed by atoms with E-state index in [1.165, 1.54) is 20.0 Å². The van der Waals surface area contributed by atoms with Crippen LogP contribution in [0.15, 0.2) is 48.5 Å². The third-order valence-corrected chi connectivity index (χ3v) is 7.96. The van der Waals surface area contributed by atoms with Gasteiger partial charge < -0.3 is 15.4 Å². The molecule has 2 aliphatic rings. The first-order valence-corrected chi connectivity index (χ1v) is 13.2. The molecule has 0 amide bonds. The molecular formula is C29H38N6O2. The highest BCUT2D eigenvalue weighted by atomic mass is 16.5. The van der Waals surface area contributed by atoms with Crippen molar-refractivity contribution < 1.29 is 9.53 Å². The van der Waals surface area contributed by atoms with E-state index in [1.54, 1.807) is 0 Å². The zero-order valence-corrected chi connectivity index (χ0v) is 22.2. The van der Waals surface area contributed by atoms with Crippen molar-refractivity contribution in [2.75, 3.05) is 45.6 Å². The summed E-state index contributed by atoms with van der Waals surface area (Å²) in [6, 6.07) is 16.4. The second-order valence-electron chi connectivity index (χ2n) is 10.9. The van der Waals surface area contributed by atoms with Gasteiger partial charge >= 0.3 is 5.97 Å². The zero-order valence-electron chi connectivity index (χ0n) is 22.2. The molecule has 2 aliphatic heterocycles. The Hall–Kier alpha value is -3.23. The maximum Gasteiger partial charge on any atom is 0.306 e. The van der Waals surface area contributed by atoms with Crippen LogP contribution in [0.4, 0.5) is 5.82 Å². The molecule has 0 bridgehead atoms. The second-order valence-corrected chi connectivity index (χ2v) is 10.9. The van der Waals surface area contributed by atoms with E-state index in [9.17, 15) is 4.79 Å². The van der Waals surface area contributed by atoms with Gasteiger partial charge in [-0.15, -0.1) is 0 Å². The fraction of sp³-hybridized carbons (Fsp3) is 0.483. The third-order valence-electron chi connectivity index (χ3n) is 7.96. The number of aryl methyl sites for hydroxylation is 2. The van der Waals surface area contributed by atoms with Gasteiger partial charge in [0.25, 0.3) is 0 Å². The van der Waals surface area contributed by atoms with Crippen LogP contribution in [0.5, 0.6) is 0 Å². The second kappa shape index (κ2) is 10.6. The summed E-state index contributed by atoms with van der Waals surface area (Å²) in [6.07, 6.45) is 2.77. The number of nitrogens with two attached hydrogens (primary N) is 1. The Bertz CT molecular complexity index is 1240. The summed E-state index contributed by atoms with van der Waals surface area (Å²) in [4.78, 5) is 21.8. The lowest BCUT2D eigenvalue weighted by Crippen LogP contribution is -2.60. The van der Waals surface area contributed by atoms with Crippen LogP contribution in [0.1, 0.15) is 47.8 Å². The molecule has 5 rings (SSSR count). The molecule has 2 saturated heterocycles. The van der Waals surface area contributed by atoms with Gasteiger partial charge in [0.1, 0.15) is 5.82 Å². The molecule has 1 aromatic carbocycles. The van der Waals surface area contributed by atoms with Gasteiger partial charge in [-0.05, 0) is 81.1 Å². The number of rotatable bonds is 8. The smallest absolute Gasteiger partial charge is 0.306 e. The van der Waals surface area contributed by atoms with E-state index >= 15 is 0 Å². The molecule has 0 aliphatic carbocycles. The van der Waals surface area contributed by atoms with Crippen LogP contribution >= 0.6 is 0 Å². The van der Waals surface area contributed by atoms with Crippen molar-refractivity contribution in [1.29, 1.82) is 0 Å². The van der Waals surface area contributed by atoms with Crippen molar-refractivity contribution in [2.24, 2.45) is 5.41 Å². The fourth-order valence-corrected chi connectivity index (χ4v) is 6.03. The number of nitrogen functional groups attached to an aromatic ring is 1. The highest BCUT2D eigenvalue weighted by molar-refractivity contribution is 5.70. The van der Waals surface area contributed by atoms with Crippen molar-refractivity contribution in [3.05, 3.63) is 71.2 Å². The number of nitrogens with zero attached hydrogens (tertiary/aromatic N) is 5. The van der Waals surface area contributed by atoms with E-state index in [-0.39, 0.29) is 11.9 Å². The maximum absolute atomic E-state index is 12.3. The van der Waals surface area contributed by atoms with Crippen molar-refractivity contribution in [1.82, 2.24) is 24.6 Å². The van der Waals surface area contributed by atoms with Crippen molar-refractivity contribution >= 4 is 11.8 Å². The first-order valence-electron chi connectivity index (χ1n) is 13.2. The Labute approximate surface area is 219 Å². The highest BCUT2D eigenvalue weighted by Gasteiger charge is 2.45. The predicted octanol–water partition coefficient (Wildman–Crippen LogP) is 3.71. The van der Waals surface area contributed by atoms with Crippen molar-refractivity contribution in [3.63, 3.8) is 0 Å². The van der Waals surface area contributed by atoms with Gasteiger partial charge in [0.15, 0.2) is 0 Å². The molecule has 8 heteroatoms. The first-order chi connectivity index (χ1) is 17.8. The normalized spacial score (nSPS) is 18.5. The topological polar surface area (TPSA) is 89.5 Å². The number of hydrogen-bond donors (Lipinski definition) is 1. The van der Waals surface area contributed by atoms with Gasteiger partial charge in [0.2, 0.25) is 0 Å². The van der Waals surface area contributed by atoms with Crippen molar-refractivity contribution in [3.8, 4) is 5.69 Å². The average molecular weight is 503 g/mol. The van der Waals surface area contributed by atoms with Gasteiger partial charge in [0.05, 0.1) is 30.6 Å². The Balaban J connectivity index is 1.21. The summed E-state index contributed by atoms with van der Waals surface area (Å²) in [7, 11) is 1.47. The van der Waals surface area contributed by atoms with Gasteiger partial charge in [0, 0.05) is 37.8 Å². The minimum atomic E-state index is -0.166. The summed E-state index contributed by atoms with van der Waals surface area (Å²) >= 11 is 0. The predicted molar refractivity (Wildman–Crippen MR) is 144 cm³/mol. The molecule has 0 unspecified atom stereocenters. The Morgan fingerprint density at radius 1 is 1.08 bits per heavy atom. The van der Waals surface area contributed by atoms with Crippen LogP contribution in [-0.2, 0) is 16.1 Å². The van der Waals surface area contributed by atoms with E-state index < -0.39 is 0 Å². The van der Waals surface area contributed by atoms with Gasteiger partial charge in [-0.1, -0.05) is 18.2 Å². The van der Waals surface area contributed by atoms with Crippen LogP contribution in [0, 0.1) is 19.3 Å². The number of ether oxygens (including phenoxy) is 1. The van der Waals surface area contributed by atoms with Gasteiger partial charge in [-0.25, -0.2) is 9.67 Å². The highest BCUT2D eigenvalue weighted by Crippen LogP contribution is 2.42. The Morgan fingerprint density at radius 3 is 2.51 bits per heavy atom. The Morgan fingerprint density at radius 2 is 1.84 bits per heavy atom. The zero-order chi connectivity index (χ0) is 26.0. The molecule has 4 heterocycles. The van der Waals surface area contributed by atoms with E-state index in [0.29, 0.717) is 17.7 Å². The average Bonchev–Trinajstić information content (AvgIpc) is 3.21. The summed E-state index contributed by atoms with van der Waals surface area (Å²) in [6.45, 7) is 10.1. The van der Waals surface area contributed by atoms with Gasteiger partial charge in [-0.2, -0.15) is 5.10 Å². The molecule has 37 heavy (non-hydrogen) atoms. The fourth-order valence-electron chi connectivity index (χ4n) is 6.03. The maximum atomic E-state index is 12.3. The van der Waals surface area contributed by atoms with E-state index in [2.05, 4.69) is 63.2 Å². The van der Waals surface area contributed by atoms with Gasteiger partial charge in [-0.3, -0.25) is 9.69 Å². The third kappa shape index (κ3) is 5.86. The summed E-state index contributed by atoms with van der Waals surface area (Å²) in [5.74, 6) is 0.499. The molecule has 2 aromatic heterocycles. The number of hydrogen-bond acceptors (Lipinski definition) is 7. The number of aromatic nitrogens is 3. The van der Waals surface area contributed by atoms with Crippen LogP contribution in [0.3, 0.4) is 0 Å². The lowest BCUT2D eigenvalue weighted by molar-refractivity contribution is -0.141. The summed E-state index contributed by atoms with van der Waals surface area (Å²) in [5.41, 5.74) is 11.6. The molecule has 0 radical (unpaired) electrons. The van der Waals surface area contributed by atoms with Crippen LogP contribution in [0.2, 0.25) is 0 Å². The molecule has 2 N–H and O–H groups in total. The first kappa shape index (κ1) is 25.4. The number of pyridine rings is 1. The Kier molecular flexibility index (Phi) is 7.31. The number of likely N-dealkylation sites (tertiary alicyclic amines) is 2. The van der Waals surface area contributed by atoms with E-state index in [0.717, 1.165) is 67.6 Å².